The SMILES string of the molecule is CCCCNCCCC1(OC)CCCC[Si]1(OC)OC. The van der Waals surface area contributed by atoms with Crippen molar-refractivity contribution in [1.29, 1.82) is 0 Å². The third-order valence-electron chi connectivity index (χ3n) is 4.72. The van der Waals surface area contributed by atoms with E-state index < -0.39 is 8.56 Å². The number of rotatable bonds is 10. The monoisotopic (exact) mass is 303 g/mol. The van der Waals surface area contributed by atoms with Gasteiger partial charge in [-0.25, -0.2) is 0 Å². The molecule has 20 heavy (non-hydrogen) atoms. The molecule has 1 heterocycles. The zero-order valence-electron chi connectivity index (χ0n) is 13.8. The van der Waals surface area contributed by atoms with Gasteiger partial charge >= 0.3 is 8.56 Å². The van der Waals surface area contributed by atoms with E-state index in [1.54, 1.807) is 14.2 Å². The van der Waals surface area contributed by atoms with Crippen LogP contribution in [0.5, 0.6) is 0 Å². The molecule has 4 nitrogen and oxygen atoms in total. The van der Waals surface area contributed by atoms with Crippen LogP contribution in [0, 0.1) is 0 Å². The third-order valence-corrected chi connectivity index (χ3v) is 9.15. The summed E-state index contributed by atoms with van der Waals surface area (Å²) in [6, 6.07) is 1.05. The fourth-order valence-electron chi connectivity index (χ4n) is 3.45. The summed E-state index contributed by atoms with van der Waals surface area (Å²) in [6.45, 7) is 4.40. The molecular formula is C15H33NO3Si. The fraction of sp³-hybridized carbons (Fsp3) is 1.00. The minimum Gasteiger partial charge on any atom is -0.396 e. The topological polar surface area (TPSA) is 39.7 Å². The van der Waals surface area contributed by atoms with E-state index in [4.69, 9.17) is 13.6 Å². The van der Waals surface area contributed by atoms with Gasteiger partial charge in [0.05, 0.1) is 0 Å². The van der Waals surface area contributed by atoms with Gasteiger partial charge in [0.15, 0.2) is 0 Å². The van der Waals surface area contributed by atoms with Gasteiger partial charge in [-0.1, -0.05) is 26.2 Å². The van der Waals surface area contributed by atoms with Crippen molar-refractivity contribution in [3.05, 3.63) is 0 Å². The van der Waals surface area contributed by atoms with Gasteiger partial charge in [-0.15, -0.1) is 0 Å². The second-order valence-corrected chi connectivity index (χ2v) is 9.51. The maximum absolute atomic E-state index is 5.99. The Kier molecular flexibility index (Phi) is 8.29. The van der Waals surface area contributed by atoms with Crippen LogP contribution in [-0.2, 0) is 13.6 Å². The molecule has 1 saturated heterocycles. The van der Waals surface area contributed by atoms with Crippen LogP contribution < -0.4 is 5.32 Å². The van der Waals surface area contributed by atoms with Gasteiger partial charge in [-0.3, -0.25) is 0 Å². The maximum atomic E-state index is 5.99. The molecule has 120 valence electrons. The Hall–Kier alpha value is 0.0569. The van der Waals surface area contributed by atoms with Crippen LogP contribution in [-0.4, -0.2) is 48.2 Å². The number of methoxy groups -OCH3 is 1. The predicted octanol–water partition coefficient (Wildman–Crippen LogP) is 3.00. The van der Waals surface area contributed by atoms with Crippen LogP contribution in [0.25, 0.3) is 0 Å². The van der Waals surface area contributed by atoms with Crippen molar-refractivity contribution in [3.63, 3.8) is 0 Å². The Morgan fingerprint density at radius 1 is 1.05 bits per heavy atom. The predicted molar refractivity (Wildman–Crippen MR) is 85.2 cm³/mol. The summed E-state index contributed by atoms with van der Waals surface area (Å²) < 4.78 is 17.8. The standard InChI is InChI=1S/C15H33NO3Si/c1-5-6-12-16-13-9-11-15(17-2)10-7-8-14-20(15,18-3)19-4/h16H,5-14H2,1-4H3. The molecule has 1 unspecified atom stereocenters. The quantitative estimate of drug-likeness (QED) is 0.497. The molecule has 0 saturated carbocycles. The average Bonchev–Trinajstić information content (AvgIpc) is 2.51. The second kappa shape index (κ2) is 9.15. The lowest BCUT2D eigenvalue weighted by molar-refractivity contribution is -0.0156. The molecule has 0 amide bonds. The first-order valence-electron chi connectivity index (χ1n) is 8.06. The molecule has 1 atom stereocenters. The van der Waals surface area contributed by atoms with E-state index >= 15 is 0 Å². The molecule has 0 aromatic rings. The first-order chi connectivity index (χ1) is 9.70. The highest BCUT2D eigenvalue weighted by Crippen LogP contribution is 2.42. The van der Waals surface area contributed by atoms with Crippen molar-refractivity contribution >= 4 is 8.56 Å². The van der Waals surface area contributed by atoms with Crippen molar-refractivity contribution in [3.8, 4) is 0 Å². The lowest BCUT2D eigenvalue weighted by Crippen LogP contribution is -2.64. The average molecular weight is 304 g/mol. The Balaban J connectivity index is 2.54. The van der Waals surface area contributed by atoms with E-state index in [-0.39, 0.29) is 5.22 Å². The van der Waals surface area contributed by atoms with Crippen LogP contribution in [0.1, 0.15) is 51.9 Å². The maximum Gasteiger partial charge on any atom is 0.370 e. The molecule has 0 radical (unpaired) electrons. The van der Waals surface area contributed by atoms with E-state index in [9.17, 15) is 0 Å². The molecule has 0 aromatic carbocycles. The fourth-order valence-corrected chi connectivity index (χ4v) is 7.36. The molecule has 0 aliphatic carbocycles. The van der Waals surface area contributed by atoms with E-state index in [0.29, 0.717) is 0 Å². The van der Waals surface area contributed by atoms with Crippen LogP contribution in [0.3, 0.4) is 0 Å². The van der Waals surface area contributed by atoms with E-state index in [1.807, 2.05) is 7.11 Å². The highest BCUT2D eigenvalue weighted by molar-refractivity contribution is 6.70. The highest BCUT2D eigenvalue weighted by Gasteiger charge is 2.58. The zero-order chi connectivity index (χ0) is 14.9. The van der Waals surface area contributed by atoms with Gasteiger partial charge in [-0.2, -0.15) is 0 Å². The molecule has 1 aliphatic rings. The lowest BCUT2D eigenvalue weighted by Gasteiger charge is -2.48. The summed E-state index contributed by atoms with van der Waals surface area (Å²) in [6.07, 6.45) is 8.16. The highest BCUT2D eigenvalue weighted by atomic mass is 28.4. The van der Waals surface area contributed by atoms with Gasteiger partial charge in [0, 0.05) is 21.3 Å². The number of ether oxygens (including phenoxy) is 1. The number of hydrogen-bond donors (Lipinski definition) is 1. The molecule has 1 fully saturated rings. The van der Waals surface area contributed by atoms with Gasteiger partial charge in [0.1, 0.15) is 5.22 Å². The van der Waals surface area contributed by atoms with Gasteiger partial charge in [-0.05, 0) is 44.8 Å². The largest absolute Gasteiger partial charge is 0.396 e. The molecule has 0 bridgehead atoms. The van der Waals surface area contributed by atoms with Crippen molar-refractivity contribution in [2.24, 2.45) is 0 Å². The Morgan fingerprint density at radius 3 is 2.35 bits per heavy atom. The van der Waals surface area contributed by atoms with Crippen molar-refractivity contribution < 1.29 is 13.6 Å². The minimum atomic E-state index is -2.24. The van der Waals surface area contributed by atoms with Crippen molar-refractivity contribution in [2.75, 3.05) is 34.4 Å². The van der Waals surface area contributed by atoms with E-state index in [2.05, 4.69) is 12.2 Å². The van der Waals surface area contributed by atoms with Gasteiger partial charge in [0.2, 0.25) is 0 Å². The summed E-state index contributed by atoms with van der Waals surface area (Å²) in [5.74, 6) is 0. The van der Waals surface area contributed by atoms with Gasteiger partial charge < -0.3 is 18.9 Å². The van der Waals surface area contributed by atoms with Crippen molar-refractivity contribution in [1.82, 2.24) is 5.32 Å². The summed E-state index contributed by atoms with van der Waals surface area (Å²) in [5, 5.41) is 3.34. The Morgan fingerprint density at radius 2 is 1.75 bits per heavy atom. The molecule has 1 N–H and O–H groups in total. The van der Waals surface area contributed by atoms with E-state index in [1.165, 1.54) is 25.7 Å². The van der Waals surface area contributed by atoms with Crippen LogP contribution in [0.4, 0.5) is 0 Å². The first kappa shape index (κ1) is 18.1. The van der Waals surface area contributed by atoms with E-state index in [0.717, 1.165) is 38.4 Å². The van der Waals surface area contributed by atoms with Gasteiger partial charge in [0.25, 0.3) is 0 Å². The molecule has 1 aliphatic heterocycles. The molecule has 0 spiro atoms. The Bertz CT molecular complexity index is 262. The summed E-state index contributed by atoms with van der Waals surface area (Å²) in [5.41, 5.74) is 0. The molecule has 1 rings (SSSR count). The summed E-state index contributed by atoms with van der Waals surface area (Å²) in [7, 11) is 3.19. The smallest absolute Gasteiger partial charge is 0.370 e. The normalized spacial score (nSPS) is 25.8. The summed E-state index contributed by atoms with van der Waals surface area (Å²) >= 11 is 0. The van der Waals surface area contributed by atoms with Crippen molar-refractivity contribution in [2.45, 2.75) is 63.1 Å². The number of unbranched alkanes of at least 4 members (excludes halogenated alkanes) is 1. The van der Waals surface area contributed by atoms with Crippen LogP contribution >= 0.6 is 0 Å². The molecule has 5 heteroatoms. The third kappa shape index (κ3) is 4.04. The minimum absolute atomic E-state index is 0.165. The second-order valence-electron chi connectivity index (χ2n) is 5.77. The number of hydrogen-bond acceptors (Lipinski definition) is 4. The lowest BCUT2D eigenvalue weighted by atomic mass is 10.1. The van der Waals surface area contributed by atoms with Crippen LogP contribution in [0.15, 0.2) is 0 Å². The summed E-state index contributed by atoms with van der Waals surface area (Å²) in [4.78, 5) is 0. The van der Waals surface area contributed by atoms with Crippen LogP contribution in [0.2, 0.25) is 6.04 Å². The molecular weight excluding hydrogens is 270 g/mol. The first-order valence-corrected chi connectivity index (χ1v) is 10.1. The Labute approximate surface area is 125 Å². The number of nitrogens with one attached hydrogen (secondary N) is 1. The zero-order valence-corrected chi connectivity index (χ0v) is 14.8. The molecule has 0 aromatic heterocycles.